The SMILES string of the molecule is CC(=O)N/C(=C\c1ccccc1)C(=O)OCc1ncc(-c2ccc(Cl)cc2)o1. The van der Waals surface area contributed by atoms with Crippen LogP contribution in [0.5, 0.6) is 0 Å². The summed E-state index contributed by atoms with van der Waals surface area (Å²) in [6, 6.07) is 16.2. The predicted molar refractivity (Wildman–Crippen MR) is 105 cm³/mol. The summed E-state index contributed by atoms with van der Waals surface area (Å²) < 4.78 is 10.8. The molecule has 1 heterocycles. The molecule has 0 bridgehead atoms. The average Bonchev–Trinajstić information content (AvgIpc) is 3.15. The highest BCUT2D eigenvalue weighted by Gasteiger charge is 2.15. The predicted octanol–water partition coefficient (Wildman–Crippen LogP) is 4.22. The van der Waals surface area contributed by atoms with Crippen molar-refractivity contribution in [2.24, 2.45) is 0 Å². The summed E-state index contributed by atoms with van der Waals surface area (Å²) >= 11 is 5.87. The number of benzene rings is 2. The largest absolute Gasteiger partial charge is 0.451 e. The summed E-state index contributed by atoms with van der Waals surface area (Å²) in [7, 11) is 0. The van der Waals surface area contributed by atoms with E-state index in [2.05, 4.69) is 10.3 Å². The smallest absolute Gasteiger partial charge is 0.355 e. The zero-order chi connectivity index (χ0) is 19.9. The van der Waals surface area contributed by atoms with Crippen molar-refractivity contribution < 1.29 is 18.7 Å². The first-order valence-electron chi connectivity index (χ1n) is 8.43. The summed E-state index contributed by atoms with van der Waals surface area (Å²) in [6.45, 7) is 1.15. The normalized spacial score (nSPS) is 11.1. The van der Waals surface area contributed by atoms with Gasteiger partial charge in [-0.05, 0) is 35.9 Å². The van der Waals surface area contributed by atoms with Gasteiger partial charge in [-0.15, -0.1) is 0 Å². The molecule has 142 valence electrons. The van der Waals surface area contributed by atoms with E-state index in [1.54, 1.807) is 36.5 Å². The van der Waals surface area contributed by atoms with Crippen molar-refractivity contribution in [2.45, 2.75) is 13.5 Å². The quantitative estimate of drug-likeness (QED) is 0.498. The standard InChI is InChI=1S/C21H17ClN2O4/c1-14(25)24-18(11-15-5-3-2-4-6-15)21(26)27-13-20-23-12-19(28-20)16-7-9-17(22)10-8-16/h2-12H,13H2,1H3,(H,24,25)/b18-11-. The van der Waals surface area contributed by atoms with Gasteiger partial charge in [-0.25, -0.2) is 9.78 Å². The third-order valence-corrected chi connectivity index (χ3v) is 3.90. The van der Waals surface area contributed by atoms with Gasteiger partial charge in [-0.1, -0.05) is 41.9 Å². The molecule has 0 aliphatic heterocycles. The molecule has 7 heteroatoms. The lowest BCUT2D eigenvalue weighted by atomic mass is 10.2. The van der Waals surface area contributed by atoms with E-state index in [0.29, 0.717) is 10.8 Å². The number of hydrogen-bond acceptors (Lipinski definition) is 5. The van der Waals surface area contributed by atoms with Crippen LogP contribution >= 0.6 is 11.6 Å². The van der Waals surface area contributed by atoms with Crippen molar-refractivity contribution in [3.05, 3.63) is 83.0 Å². The molecule has 0 radical (unpaired) electrons. The van der Waals surface area contributed by atoms with Crippen LogP contribution in [0.15, 0.2) is 70.9 Å². The molecule has 0 aliphatic rings. The second-order valence-electron chi connectivity index (χ2n) is 5.85. The lowest BCUT2D eigenvalue weighted by Crippen LogP contribution is -2.26. The van der Waals surface area contributed by atoms with Crippen molar-refractivity contribution in [2.75, 3.05) is 0 Å². The lowest BCUT2D eigenvalue weighted by molar-refractivity contribution is -0.142. The summed E-state index contributed by atoms with van der Waals surface area (Å²) in [5.41, 5.74) is 1.59. The Morgan fingerprint density at radius 2 is 1.86 bits per heavy atom. The van der Waals surface area contributed by atoms with Gasteiger partial charge in [0.25, 0.3) is 0 Å². The summed E-state index contributed by atoms with van der Waals surface area (Å²) in [5, 5.41) is 3.10. The maximum absolute atomic E-state index is 12.4. The van der Waals surface area contributed by atoms with Gasteiger partial charge < -0.3 is 14.5 Å². The number of hydrogen-bond donors (Lipinski definition) is 1. The molecule has 28 heavy (non-hydrogen) atoms. The molecule has 0 aliphatic carbocycles. The summed E-state index contributed by atoms with van der Waals surface area (Å²) in [5.74, 6) is -0.296. The number of halogens is 1. The number of ether oxygens (including phenoxy) is 1. The van der Waals surface area contributed by atoms with Crippen molar-refractivity contribution in [1.82, 2.24) is 10.3 Å². The Bertz CT molecular complexity index is 995. The highest BCUT2D eigenvalue weighted by atomic mass is 35.5. The van der Waals surface area contributed by atoms with Gasteiger partial charge in [0.15, 0.2) is 12.4 Å². The van der Waals surface area contributed by atoms with Crippen LogP contribution in [-0.4, -0.2) is 16.9 Å². The fraction of sp³-hybridized carbons (Fsp3) is 0.0952. The molecule has 1 amide bonds. The fourth-order valence-electron chi connectivity index (χ4n) is 2.38. The first kappa shape index (κ1) is 19.4. The van der Waals surface area contributed by atoms with Crippen molar-refractivity contribution >= 4 is 29.6 Å². The maximum Gasteiger partial charge on any atom is 0.355 e. The van der Waals surface area contributed by atoms with E-state index < -0.39 is 5.97 Å². The topological polar surface area (TPSA) is 81.4 Å². The van der Waals surface area contributed by atoms with E-state index in [9.17, 15) is 9.59 Å². The monoisotopic (exact) mass is 396 g/mol. The number of esters is 1. The van der Waals surface area contributed by atoms with E-state index in [-0.39, 0.29) is 24.1 Å². The molecule has 3 rings (SSSR count). The minimum atomic E-state index is -0.690. The number of carbonyl (C=O) groups excluding carboxylic acids is 2. The van der Waals surface area contributed by atoms with Crippen LogP contribution in [0.4, 0.5) is 0 Å². The highest BCUT2D eigenvalue weighted by Crippen LogP contribution is 2.22. The van der Waals surface area contributed by atoms with E-state index in [0.717, 1.165) is 11.1 Å². The van der Waals surface area contributed by atoms with E-state index >= 15 is 0 Å². The van der Waals surface area contributed by atoms with Gasteiger partial charge in [0.2, 0.25) is 11.8 Å². The number of nitrogens with one attached hydrogen (secondary N) is 1. The Hall–Kier alpha value is -3.38. The molecule has 0 unspecified atom stereocenters. The fourth-order valence-corrected chi connectivity index (χ4v) is 2.51. The van der Waals surface area contributed by atoms with E-state index in [1.807, 2.05) is 30.3 Å². The Labute approximate surface area is 166 Å². The third kappa shape index (κ3) is 5.31. The van der Waals surface area contributed by atoms with Gasteiger partial charge in [0, 0.05) is 17.5 Å². The van der Waals surface area contributed by atoms with Crippen LogP contribution in [0.2, 0.25) is 5.02 Å². The molecule has 3 aromatic rings. The number of rotatable bonds is 6. The average molecular weight is 397 g/mol. The minimum absolute atomic E-state index is 0.0307. The van der Waals surface area contributed by atoms with E-state index in [4.69, 9.17) is 20.8 Å². The maximum atomic E-state index is 12.4. The van der Waals surface area contributed by atoms with Gasteiger partial charge in [0.05, 0.1) is 6.20 Å². The number of aromatic nitrogens is 1. The molecule has 1 aromatic heterocycles. The first-order chi connectivity index (χ1) is 13.5. The molecule has 0 atom stereocenters. The second kappa shape index (κ2) is 9.01. The number of amides is 1. The molecule has 1 N–H and O–H groups in total. The molecule has 0 spiro atoms. The van der Waals surface area contributed by atoms with Crippen LogP contribution in [-0.2, 0) is 20.9 Å². The first-order valence-corrected chi connectivity index (χ1v) is 8.81. The van der Waals surface area contributed by atoms with E-state index in [1.165, 1.54) is 6.92 Å². The molecule has 0 saturated heterocycles. The van der Waals surface area contributed by atoms with Crippen LogP contribution in [0, 0.1) is 0 Å². The summed E-state index contributed by atoms with van der Waals surface area (Å²) in [4.78, 5) is 27.9. The Balaban J connectivity index is 1.68. The number of nitrogens with zero attached hydrogens (tertiary/aromatic N) is 1. The van der Waals surface area contributed by atoms with Gasteiger partial charge >= 0.3 is 5.97 Å². The van der Waals surface area contributed by atoms with Crippen molar-refractivity contribution in [1.29, 1.82) is 0 Å². The van der Waals surface area contributed by atoms with Gasteiger partial charge in [-0.2, -0.15) is 0 Å². The molecule has 6 nitrogen and oxygen atoms in total. The molecule has 0 saturated carbocycles. The van der Waals surface area contributed by atoms with Crippen LogP contribution in [0.3, 0.4) is 0 Å². The van der Waals surface area contributed by atoms with Gasteiger partial charge in [0.1, 0.15) is 5.70 Å². The number of carbonyl (C=O) groups is 2. The second-order valence-corrected chi connectivity index (χ2v) is 6.29. The van der Waals surface area contributed by atoms with Gasteiger partial charge in [-0.3, -0.25) is 4.79 Å². The molecular formula is C21H17ClN2O4. The Morgan fingerprint density at radius 3 is 2.54 bits per heavy atom. The van der Waals surface area contributed by atoms with Crippen LogP contribution in [0.1, 0.15) is 18.4 Å². The molecule has 2 aromatic carbocycles. The lowest BCUT2D eigenvalue weighted by Gasteiger charge is -2.08. The highest BCUT2D eigenvalue weighted by molar-refractivity contribution is 6.30. The van der Waals surface area contributed by atoms with Crippen LogP contribution < -0.4 is 5.32 Å². The zero-order valence-corrected chi connectivity index (χ0v) is 15.8. The molecular weight excluding hydrogens is 380 g/mol. The molecule has 0 fully saturated rings. The van der Waals surface area contributed by atoms with Crippen LogP contribution in [0.25, 0.3) is 17.4 Å². The van der Waals surface area contributed by atoms with Crippen molar-refractivity contribution in [3.8, 4) is 11.3 Å². The minimum Gasteiger partial charge on any atom is -0.451 e. The third-order valence-electron chi connectivity index (χ3n) is 3.65. The van der Waals surface area contributed by atoms with Crippen molar-refractivity contribution in [3.63, 3.8) is 0 Å². The summed E-state index contributed by atoms with van der Waals surface area (Å²) in [6.07, 6.45) is 3.08. The number of oxazole rings is 1. The Kier molecular flexibility index (Phi) is 6.24. The zero-order valence-electron chi connectivity index (χ0n) is 15.0. The Morgan fingerprint density at radius 1 is 1.14 bits per heavy atom.